The first-order valence-electron chi connectivity index (χ1n) is 3.26. The average molecular weight is 191 g/mol. The predicted octanol–water partition coefficient (Wildman–Crippen LogP) is 0.899. The first kappa shape index (κ1) is 9.06. The number of halogens is 1. The number of cyclic esters (lactones) is 1. The van der Waals surface area contributed by atoms with Crippen LogP contribution in [0, 0.1) is 0 Å². The first-order chi connectivity index (χ1) is 5.44. The maximum Gasteiger partial charge on any atom is 0.333 e. The SMILES string of the molecule is CC1(CC(=O)O)OC(=O)C=C1Cl. The Labute approximate surface area is 73.8 Å². The molecule has 1 N–H and O–H groups in total. The molecule has 4 nitrogen and oxygen atoms in total. The Morgan fingerprint density at radius 1 is 1.83 bits per heavy atom. The standard InChI is InChI=1S/C7H7ClO4/c1-7(3-5(9)10)4(8)2-6(11)12-7/h2H,3H2,1H3,(H,9,10). The van der Waals surface area contributed by atoms with Crippen LogP contribution in [0.5, 0.6) is 0 Å². The molecule has 1 atom stereocenters. The van der Waals surface area contributed by atoms with E-state index in [1.54, 1.807) is 0 Å². The maximum absolute atomic E-state index is 10.7. The van der Waals surface area contributed by atoms with Crippen LogP contribution in [0.2, 0.25) is 0 Å². The molecule has 0 amide bonds. The van der Waals surface area contributed by atoms with Gasteiger partial charge >= 0.3 is 11.9 Å². The van der Waals surface area contributed by atoms with E-state index in [1.807, 2.05) is 0 Å². The van der Waals surface area contributed by atoms with Crippen LogP contribution < -0.4 is 0 Å². The zero-order valence-corrected chi connectivity index (χ0v) is 7.09. The van der Waals surface area contributed by atoms with Crippen LogP contribution in [-0.4, -0.2) is 22.6 Å². The lowest BCUT2D eigenvalue weighted by molar-refractivity contribution is -0.150. The third-order valence-electron chi connectivity index (χ3n) is 1.56. The molecule has 0 aromatic carbocycles. The predicted molar refractivity (Wildman–Crippen MR) is 40.7 cm³/mol. The van der Waals surface area contributed by atoms with E-state index >= 15 is 0 Å². The van der Waals surface area contributed by atoms with Crippen molar-refractivity contribution in [3.8, 4) is 0 Å². The zero-order valence-electron chi connectivity index (χ0n) is 6.33. The van der Waals surface area contributed by atoms with Crippen LogP contribution >= 0.6 is 11.6 Å². The Kier molecular flexibility index (Phi) is 2.10. The Morgan fingerprint density at radius 2 is 2.42 bits per heavy atom. The second-order valence-electron chi connectivity index (χ2n) is 2.71. The Hall–Kier alpha value is -1.03. The van der Waals surface area contributed by atoms with Crippen molar-refractivity contribution in [1.29, 1.82) is 0 Å². The summed E-state index contributed by atoms with van der Waals surface area (Å²) in [4.78, 5) is 21.0. The Bertz CT molecular complexity index is 271. The van der Waals surface area contributed by atoms with E-state index in [9.17, 15) is 9.59 Å². The molecule has 1 rings (SSSR count). The third kappa shape index (κ3) is 1.58. The second-order valence-corrected chi connectivity index (χ2v) is 3.12. The van der Waals surface area contributed by atoms with Crippen LogP contribution in [0.3, 0.4) is 0 Å². The first-order valence-corrected chi connectivity index (χ1v) is 3.64. The lowest BCUT2D eigenvalue weighted by Crippen LogP contribution is -2.29. The van der Waals surface area contributed by atoms with E-state index in [2.05, 4.69) is 0 Å². The van der Waals surface area contributed by atoms with Gasteiger partial charge in [-0.05, 0) is 6.92 Å². The molecule has 5 heteroatoms. The normalized spacial score (nSPS) is 28.2. The number of rotatable bonds is 2. The minimum absolute atomic E-state index is 0.134. The number of esters is 1. The molecule has 0 radical (unpaired) electrons. The summed E-state index contributed by atoms with van der Waals surface area (Å²) in [6.07, 6.45) is 0.776. The van der Waals surface area contributed by atoms with Crippen LogP contribution in [0.25, 0.3) is 0 Å². The summed E-state index contributed by atoms with van der Waals surface area (Å²) >= 11 is 5.61. The van der Waals surface area contributed by atoms with Gasteiger partial charge in [0.05, 0.1) is 11.5 Å². The molecular formula is C7H7ClO4. The van der Waals surface area contributed by atoms with Crippen molar-refractivity contribution in [2.45, 2.75) is 18.9 Å². The van der Waals surface area contributed by atoms with E-state index in [0.717, 1.165) is 6.08 Å². The second kappa shape index (κ2) is 2.79. The summed E-state index contributed by atoms with van der Waals surface area (Å²) in [6, 6.07) is 0. The monoisotopic (exact) mass is 190 g/mol. The number of aliphatic carboxylic acids is 1. The van der Waals surface area contributed by atoms with Crippen LogP contribution in [-0.2, 0) is 14.3 Å². The highest BCUT2D eigenvalue weighted by Crippen LogP contribution is 2.33. The molecule has 12 heavy (non-hydrogen) atoms. The van der Waals surface area contributed by atoms with Gasteiger partial charge in [0.1, 0.15) is 0 Å². The van der Waals surface area contributed by atoms with Gasteiger partial charge in [0.25, 0.3) is 0 Å². The van der Waals surface area contributed by atoms with Crippen LogP contribution in [0.4, 0.5) is 0 Å². The van der Waals surface area contributed by atoms with Crippen LogP contribution in [0.15, 0.2) is 11.1 Å². The summed E-state index contributed by atoms with van der Waals surface area (Å²) in [5.41, 5.74) is -1.18. The molecule has 0 aliphatic carbocycles. The topological polar surface area (TPSA) is 63.6 Å². The number of carbonyl (C=O) groups is 2. The molecule has 1 aliphatic heterocycles. The van der Waals surface area contributed by atoms with Crippen molar-refractivity contribution >= 4 is 23.5 Å². The molecule has 0 aromatic heterocycles. The summed E-state index contributed by atoms with van der Waals surface area (Å²) in [5.74, 6) is -1.65. The number of hydrogen-bond acceptors (Lipinski definition) is 3. The fourth-order valence-corrected chi connectivity index (χ4v) is 1.16. The summed E-state index contributed by atoms with van der Waals surface area (Å²) in [6.45, 7) is 1.46. The molecule has 0 saturated carbocycles. The fraction of sp³-hybridized carbons (Fsp3) is 0.429. The molecule has 66 valence electrons. The highest BCUT2D eigenvalue weighted by molar-refractivity contribution is 6.33. The van der Waals surface area contributed by atoms with Gasteiger partial charge in [-0.15, -0.1) is 0 Å². The van der Waals surface area contributed by atoms with Crippen molar-refractivity contribution in [1.82, 2.24) is 0 Å². The minimum Gasteiger partial charge on any atom is -0.481 e. The van der Waals surface area contributed by atoms with Gasteiger partial charge in [-0.3, -0.25) is 4.79 Å². The number of carboxylic acids is 1. The van der Waals surface area contributed by atoms with Crippen molar-refractivity contribution in [3.63, 3.8) is 0 Å². The number of ether oxygens (including phenoxy) is 1. The molecule has 0 fully saturated rings. The fourth-order valence-electron chi connectivity index (χ4n) is 0.965. The van der Waals surface area contributed by atoms with E-state index in [4.69, 9.17) is 21.4 Å². The summed E-state index contributed by atoms with van der Waals surface area (Å²) in [7, 11) is 0. The number of carbonyl (C=O) groups excluding carboxylic acids is 1. The molecule has 1 unspecified atom stereocenters. The maximum atomic E-state index is 10.7. The molecule has 1 heterocycles. The lowest BCUT2D eigenvalue weighted by atomic mass is 10.0. The number of carboxylic acid groups (broad SMARTS) is 1. The largest absolute Gasteiger partial charge is 0.481 e. The Balaban J connectivity index is 2.81. The smallest absolute Gasteiger partial charge is 0.333 e. The van der Waals surface area contributed by atoms with Gasteiger partial charge < -0.3 is 9.84 Å². The van der Waals surface area contributed by atoms with Gasteiger partial charge in [0.2, 0.25) is 0 Å². The van der Waals surface area contributed by atoms with Crippen molar-refractivity contribution < 1.29 is 19.4 Å². The van der Waals surface area contributed by atoms with E-state index in [1.165, 1.54) is 6.92 Å². The highest BCUT2D eigenvalue weighted by atomic mass is 35.5. The van der Waals surface area contributed by atoms with Gasteiger partial charge in [0, 0.05) is 6.08 Å². The molecule has 0 aromatic rings. The van der Waals surface area contributed by atoms with Gasteiger partial charge in [-0.1, -0.05) is 11.6 Å². The third-order valence-corrected chi connectivity index (χ3v) is 2.07. The molecule has 0 saturated heterocycles. The summed E-state index contributed by atoms with van der Waals surface area (Å²) in [5, 5.41) is 8.60. The van der Waals surface area contributed by atoms with Gasteiger partial charge in [-0.2, -0.15) is 0 Å². The zero-order chi connectivity index (χ0) is 9.35. The van der Waals surface area contributed by atoms with Gasteiger partial charge in [-0.25, -0.2) is 4.79 Å². The van der Waals surface area contributed by atoms with Crippen molar-refractivity contribution in [3.05, 3.63) is 11.1 Å². The average Bonchev–Trinajstić information content (AvgIpc) is 2.04. The van der Waals surface area contributed by atoms with Gasteiger partial charge in [0.15, 0.2) is 5.60 Å². The van der Waals surface area contributed by atoms with Crippen molar-refractivity contribution in [2.24, 2.45) is 0 Å². The summed E-state index contributed by atoms with van der Waals surface area (Å²) < 4.78 is 4.73. The molecule has 0 bridgehead atoms. The van der Waals surface area contributed by atoms with E-state index in [0.29, 0.717) is 0 Å². The van der Waals surface area contributed by atoms with E-state index in [-0.39, 0.29) is 11.5 Å². The lowest BCUT2D eigenvalue weighted by Gasteiger charge is -2.20. The van der Waals surface area contributed by atoms with Crippen molar-refractivity contribution in [2.75, 3.05) is 0 Å². The molecule has 1 aliphatic rings. The molecule has 0 spiro atoms. The highest BCUT2D eigenvalue weighted by Gasteiger charge is 2.39. The number of hydrogen-bond donors (Lipinski definition) is 1. The molecular weight excluding hydrogens is 184 g/mol. The van der Waals surface area contributed by atoms with Crippen LogP contribution in [0.1, 0.15) is 13.3 Å². The minimum atomic E-state index is -1.18. The Morgan fingerprint density at radius 3 is 2.75 bits per heavy atom. The van der Waals surface area contributed by atoms with E-state index < -0.39 is 17.5 Å². The quantitative estimate of drug-likeness (QED) is 0.657.